The van der Waals surface area contributed by atoms with Gasteiger partial charge in [0.05, 0.1) is 11.1 Å². The molecule has 1 fully saturated rings. The summed E-state index contributed by atoms with van der Waals surface area (Å²) in [4.78, 5) is 25.2. The van der Waals surface area contributed by atoms with Crippen LogP contribution in [-0.4, -0.2) is 49.9 Å². The average molecular weight is 408 g/mol. The molecule has 2 heterocycles. The van der Waals surface area contributed by atoms with Gasteiger partial charge in [-0.05, 0) is 42.5 Å². The molecule has 0 spiro atoms. The van der Waals surface area contributed by atoms with Crippen LogP contribution in [0.4, 0.5) is 5.69 Å². The van der Waals surface area contributed by atoms with Gasteiger partial charge in [0.1, 0.15) is 0 Å². The van der Waals surface area contributed by atoms with E-state index in [2.05, 4.69) is 10.6 Å². The van der Waals surface area contributed by atoms with Crippen molar-refractivity contribution in [3.05, 3.63) is 52.2 Å². The zero-order chi connectivity index (χ0) is 19.4. The summed E-state index contributed by atoms with van der Waals surface area (Å²) < 4.78 is 24.5. The zero-order valence-corrected chi connectivity index (χ0v) is 16.5. The molecule has 0 saturated carbocycles. The van der Waals surface area contributed by atoms with E-state index in [1.54, 1.807) is 36.4 Å². The number of carbonyl (C=O) groups excluding carboxylic acids is 2. The molecule has 0 radical (unpaired) electrons. The van der Waals surface area contributed by atoms with Crippen LogP contribution in [0.25, 0.3) is 0 Å². The molecule has 1 aromatic carbocycles. The third kappa shape index (κ3) is 5.15. The van der Waals surface area contributed by atoms with Crippen LogP contribution < -0.4 is 10.6 Å². The van der Waals surface area contributed by atoms with E-state index >= 15 is 0 Å². The lowest BCUT2D eigenvalue weighted by molar-refractivity contribution is 0.0923. The van der Waals surface area contributed by atoms with Gasteiger partial charge in [0.15, 0.2) is 0 Å². The van der Waals surface area contributed by atoms with E-state index in [1.165, 1.54) is 21.9 Å². The summed E-state index contributed by atoms with van der Waals surface area (Å²) in [5, 5.41) is 7.56. The van der Waals surface area contributed by atoms with E-state index in [0.29, 0.717) is 42.1 Å². The summed E-state index contributed by atoms with van der Waals surface area (Å²) in [5.41, 5.74) is 0.998. The third-order valence-corrected chi connectivity index (χ3v) is 6.56. The van der Waals surface area contributed by atoms with Gasteiger partial charge >= 0.3 is 0 Å². The molecule has 2 amide bonds. The maximum atomic E-state index is 12.5. The molecule has 9 heteroatoms. The molecule has 3 rings (SSSR count). The Bertz CT molecular complexity index is 918. The van der Waals surface area contributed by atoms with Gasteiger partial charge in [-0.1, -0.05) is 12.1 Å². The van der Waals surface area contributed by atoms with Crippen molar-refractivity contribution in [2.24, 2.45) is 0 Å². The highest BCUT2D eigenvalue weighted by atomic mass is 32.2. The van der Waals surface area contributed by atoms with Crippen molar-refractivity contribution < 1.29 is 18.0 Å². The molecular weight excluding hydrogens is 386 g/mol. The van der Waals surface area contributed by atoms with Crippen LogP contribution in [0.5, 0.6) is 0 Å². The summed E-state index contributed by atoms with van der Waals surface area (Å²) in [6.45, 7) is 0.807. The second-order valence-corrected chi connectivity index (χ2v) is 9.35. The van der Waals surface area contributed by atoms with Gasteiger partial charge in [-0.15, -0.1) is 11.3 Å². The topological polar surface area (TPSA) is 95.6 Å². The quantitative estimate of drug-likeness (QED) is 0.794. The SMILES string of the molecule is CS(=O)(=O)N1CCC(NC(=O)c2cccc(NC(=O)c3cccs3)c2)CC1. The summed E-state index contributed by atoms with van der Waals surface area (Å²) in [5.74, 6) is -0.448. The predicted molar refractivity (Wildman–Crippen MR) is 106 cm³/mol. The van der Waals surface area contributed by atoms with Crippen molar-refractivity contribution in [2.45, 2.75) is 18.9 Å². The Morgan fingerprint density at radius 2 is 1.85 bits per heavy atom. The number of rotatable bonds is 5. The summed E-state index contributed by atoms with van der Waals surface area (Å²) in [6.07, 6.45) is 2.35. The van der Waals surface area contributed by atoms with E-state index < -0.39 is 10.0 Å². The maximum absolute atomic E-state index is 12.5. The number of nitrogens with one attached hydrogen (secondary N) is 2. The lowest BCUT2D eigenvalue weighted by Crippen LogP contribution is -2.46. The Morgan fingerprint density at radius 1 is 1.11 bits per heavy atom. The normalized spacial score (nSPS) is 16.0. The van der Waals surface area contributed by atoms with Crippen molar-refractivity contribution >= 4 is 38.9 Å². The Hall–Kier alpha value is -2.23. The summed E-state index contributed by atoms with van der Waals surface area (Å²) >= 11 is 1.35. The minimum Gasteiger partial charge on any atom is -0.349 e. The van der Waals surface area contributed by atoms with E-state index in [-0.39, 0.29) is 17.9 Å². The Morgan fingerprint density at radius 3 is 2.48 bits per heavy atom. The van der Waals surface area contributed by atoms with Crippen LogP contribution in [0.2, 0.25) is 0 Å². The fourth-order valence-electron chi connectivity index (χ4n) is 2.94. The predicted octanol–water partition coefficient (Wildman–Crippen LogP) is 2.15. The fraction of sp³-hybridized carbons (Fsp3) is 0.333. The van der Waals surface area contributed by atoms with E-state index in [1.807, 2.05) is 5.38 Å². The number of carbonyl (C=O) groups is 2. The number of anilines is 1. The highest BCUT2D eigenvalue weighted by Gasteiger charge is 2.26. The molecule has 0 bridgehead atoms. The smallest absolute Gasteiger partial charge is 0.265 e. The molecule has 0 atom stereocenters. The van der Waals surface area contributed by atoms with Gasteiger partial charge < -0.3 is 10.6 Å². The summed E-state index contributed by atoms with van der Waals surface area (Å²) in [7, 11) is -3.18. The lowest BCUT2D eigenvalue weighted by Gasteiger charge is -2.30. The molecular formula is C18H21N3O4S2. The van der Waals surface area contributed by atoms with Gasteiger partial charge in [0.25, 0.3) is 11.8 Å². The standard InChI is InChI=1S/C18H21N3O4S2/c1-27(24,25)21-9-7-14(8-10-21)19-17(22)13-4-2-5-15(12-13)20-18(23)16-6-3-11-26-16/h2-6,11-12,14H,7-10H2,1H3,(H,19,22)(H,20,23). The van der Waals surface area contributed by atoms with E-state index in [9.17, 15) is 18.0 Å². The number of thiophene rings is 1. The summed E-state index contributed by atoms with van der Waals surface area (Å²) in [6, 6.07) is 10.2. The molecule has 0 unspecified atom stereocenters. The molecule has 27 heavy (non-hydrogen) atoms. The van der Waals surface area contributed by atoms with Crippen LogP contribution in [0.15, 0.2) is 41.8 Å². The van der Waals surface area contributed by atoms with Crippen molar-refractivity contribution in [2.75, 3.05) is 24.7 Å². The first kappa shape index (κ1) is 19.5. The molecule has 1 aliphatic heterocycles. The highest BCUT2D eigenvalue weighted by molar-refractivity contribution is 7.88. The van der Waals surface area contributed by atoms with Crippen LogP contribution in [0, 0.1) is 0 Å². The van der Waals surface area contributed by atoms with Crippen molar-refractivity contribution in [1.29, 1.82) is 0 Å². The van der Waals surface area contributed by atoms with Crippen LogP contribution in [-0.2, 0) is 10.0 Å². The van der Waals surface area contributed by atoms with E-state index in [0.717, 1.165) is 0 Å². The van der Waals surface area contributed by atoms with Crippen molar-refractivity contribution in [1.82, 2.24) is 9.62 Å². The molecule has 2 N–H and O–H groups in total. The van der Waals surface area contributed by atoms with Crippen LogP contribution in [0.3, 0.4) is 0 Å². The van der Waals surface area contributed by atoms with Crippen LogP contribution in [0.1, 0.15) is 32.9 Å². The number of amides is 2. The van der Waals surface area contributed by atoms with Crippen molar-refractivity contribution in [3.63, 3.8) is 0 Å². The monoisotopic (exact) mass is 407 g/mol. The Labute approximate surface area is 162 Å². The van der Waals surface area contributed by atoms with E-state index in [4.69, 9.17) is 0 Å². The zero-order valence-electron chi connectivity index (χ0n) is 14.8. The molecule has 144 valence electrons. The van der Waals surface area contributed by atoms with Gasteiger partial charge in [-0.3, -0.25) is 9.59 Å². The number of benzene rings is 1. The minimum absolute atomic E-state index is 0.0696. The van der Waals surface area contributed by atoms with Gasteiger partial charge in [-0.25, -0.2) is 12.7 Å². The average Bonchev–Trinajstić information content (AvgIpc) is 3.16. The largest absolute Gasteiger partial charge is 0.349 e. The number of hydrogen-bond donors (Lipinski definition) is 2. The van der Waals surface area contributed by atoms with Gasteiger partial charge in [-0.2, -0.15) is 0 Å². The Balaban J connectivity index is 1.58. The minimum atomic E-state index is -3.18. The second-order valence-electron chi connectivity index (χ2n) is 6.42. The third-order valence-electron chi connectivity index (χ3n) is 4.39. The maximum Gasteiger partial charge on any atom is 0.265 e. The molecule has 1 saturated heterocycles. The molecule has 1 aliphatic rings. The first-order valence-corrected chi connectivity index (χ1v) is 11.3. The number of hydrogen-bond acceptors (Lipinski definition) is 5. The molecule has 2 aromatic rings. The molecule has 7 nitrogen and oxygen atoms in total. The number of piperidine rings is 1. The first-order valence-electron chi connectivity index (χ1n) is 8.54. The van der Waals surface area contributed by atoms with Gasteiger partial charge in [0, 0.05) is 30.4 Å². The lowest BCUT2D eigenvalue weighted by atomic mass is 10.1. The first-order chi connectivity index (χ1) is 12.8. The Kier molecular flexibility index (Phi) is 5.93. The van der Waals surface area contributed by atoms with Gasteiger partial charge in [0.2, 0.25) is 10.0 Å². The van der Waals surface area contributed by atoms with Crippen LogP contribution >= 0.6 is 11.3 Å². The fourth-order valence-corrected chi connectivity index (χ4v) is 4.43. The van der Waals surface area contributed by atoms with Crippen molar-refractivity contribution in [3.8, 4) is 0 Å². The number of sulfonamides is 1. The second kappa shape index (κ2) is 8.20. The highest BCUT2D eigenvalue weighted by Crippen LogP contribution is 2.17. The number of nitrogens with zero attached hydrogens (tertiary/aromatic N) is 1. The molecule has 1 aromatic heterocycles. The molecule has 0 aliphatic carbocycles.